The number of pyridine rings is 2. The number of fused-ring (bicyclic) bond motifs is 5. The maximum Gasteiger partial charge on any atom is 0.343 e. The Morgan fingerprint density at radius 2 is 2.06 bits per heavy atom. The summed E-state index contributed by atoms with van der Waals surface area (Å²) < 4.78 is 6.66. The number of rotatable bonds is 4. The van der Waals surface area contributed by atoms with Crippen LogP contribution in [0, 0.1) is 0 Å². The van der Waals surface area contributed by atoms with E-state index >= 15 is 0 Å². The number of hydrogen-bond acceptors (Lipinski definition) is 7. The predicted molar refractivity (Wildman–Crippen MR) is 116 cm³/mol. The van der Waals surface area contributed by atoms with Gasteiger partial charge in [-0.3, -0.25) is 4.79 Å². The van der Waals surface area contributed by atoms with E-state index in [0.29, 0.717) is 22.5 Å². The molecule has 2 atom stereocenters. The number of hydrogen-bond donors (Lipinski definition) is 3. The molecule has 0 aliphatic carbocycles. The zero-order chi connectivity index (χ0) is 22.8. The summed E-state index contributed by atoms with van der Waals surface area (Å²) in [6.07, 6.45) is -0.976. The minimum Gasteiger partial charge on any atom is -0.458 e. The molecule has 2 aromatic heterocycles. The van der Waals surface area contributed by atoms with E-state index in [4.69, 9.17) is 21.3 Å². The molecule has 0 saturated carbocycles. The van der Waals surface area contributed by atoms with E-state index < -0.39 is 24.3 Å². The average molecular weight is 457 g/mol. The monoisotopic (exact) mass is 456 g/mol. The van der Waals surface area contributed by atoms with Crippen LogP contribution in [0.3, 0.4) is 0 Å². The van der Waals surface area contributed by atoms with Gasteiger partial charge in [-0.25, -0.2) is 9.78 Å². The minimum atomic E-state index is -1.89. The molecular formula is C23H21ClN2O6. The summed E-state index contributed by atoms with van der Waals surface area (Å²) in [5, 5.41) is 31.1. The number of cyclic esters (lactones) is 1. The van der Waals surface area contributed by atoms with Gasteiger partial charge in [0.1, 0.15) is 12.7 Å². The highest BCUT2D eigenvalue weighted by Crippen LogP contribution is 2.40. The molecule has 5 rings (SSSR count). The summed E-state index contributed by atoms with van der Waals surface area (Å²) in [4.78, 5) is 30.4. The number of aliphatic hydroxyl groups excluding tert-OH is 2. The number of nitrogens with zero attached hydrogens (tertiary/aromatic N) is 2. The van der Waals surface area contributed by atoms with Gasteiger partial charge in [-0.2, -0.15) is 0 Å². The summed E-state index contributed by atoms with van der Waals surface area (Å²) in [7, 11) is 0. The number of ether oxygens (including phenoxy) is 1. The Balaban J connectivity index is 1.79. The first-order chi connectivity index (χ1) is 15.3. The Morgan fingerprint density at radius 3 is 2.75 bits per heavy atom. The van der Waals surface area contributed by atoms with Crippen molar-refractivity contribution in [2.24, 2.45) is 0 Å². The summed E-state index contributed by atoms with van der Waals surface area (Å²) in [6, 6.07) is 6.85. The van der Waals surface area contributed by atoms with Gasteiger partial charge in [0.25, 0.3) is 5.56 Å². The van der Waals surface area contributed by atoms with Crippen molar-refractivity contribution in [2.75, 3.05) is 6.61 Å². The molecule has 1 unspecified atom stereocenters. The number of aliphatic hydroxyl groups is 3. The standard InChI is InChI=1S/C23H21ClN2O6/c1-2-23(31)16-6-18-20-14(8-26(18)21(29)15(16)10-32-22(23)30)13(7-24)12-4-3-11(19(28)9-27)5-17(12)25-20/h3-6,19,27-28,31H,2,7-10H2,1H3/t19?,23-/m0/s1. The third-order valence-electron chi connectivity index (χ3n) is 6.52. The van der Waals surface area contributed by atoms with Gasteiger partial charge in [0.15, 0.2) is 5.60 Å². The lowest BCUT2D eigenvalue weighted by molar-refractivity contribution is -0.172. The topological polar surface area (TPSA) is 122 Å². The van der Waals surface area contributed by atoms with Crippen molar-refractivity contribution in [3.8, 4) is 11.4 Å². The quantitative estimate of drug-likeness (QED) is 0.316. The highest BCUT2D eigenvalue weighted by atomic mass is 35.5. The van der Waals surface area contributed by atoms with Crippen molar-refractivity contribution >= 4 is 28.5 Å². The zero-order valence-corrected chi connectivity index (χ0v) is 18.0. The highest BCUT2D eigenvalue weighted by molar-refractivity contribution is 6.18. The molecule has 3 aromatic rings. The molecule has 0 amide bonds. The Morgan fingerprint density at radius 1 is 1.28 bits per heavy atom. The molecule has 166 valence electrons. The molecule has 0 fully saturated rings. The number of halogens is 1. The summed E-state index contributed by atoms with van der Waals surface area (Å²) in [6.45, 7) is 1.31. The normalized spacial score (nSPS) is 20.0. The molecule has 4 heterocycles. The van der Waals surface area contributed by atoms with Gasteiger partial charge < -0.3 is 24.6 Å². The van der Waals surface area contributed by atoms with Crippen LogP contribution >= 0.6 is 11.6 Å². The Labute approximate surface area is 187 Å². The number of esters is 1. The largest absolute Gasteiger partial charge is 0.458 e. The lowest BCUT2D eigenvalue weighted by Crippen LogP contribution is -2.44. The molecule has 3 N–H and O–H groups in total. The van der Waals surface area contributed by atoms with Crippen LogP contribution in [-0.2, 0) is 34.2 Å². The molecule has 8 nitrogen and oxygen atoms in total. The molecule has 0 radical (unpaired) electrons. The van der Waals surface area contributed by atoms with Crippen LogP contribution < -0.4 is 5.56 Å². The maximum absolute atomic E-state index is 13.3. The Kier molecular flexibility index (Phi) is 4.86. The van der Waals surface area contributed by atoms with E-state index in [-0.39, 0.29) is 42.1 Å². The van der Waals surface area contributed by atoms with Crippen molar-refractivity contribution in [3.05, 3.63) is 62.4 Å². The van der Waals surface area contributed by atoms with Gasteiger partial charge in [0.2, 0.25) is 0 Å². The van der Waals surface area contributed by atoms with E-state index in [9.17, 15) is 24.9 Å². The van der Waals surface area contributed by atoms with Crippen molar-refractivity contribution in [2.45, 2.75) is 44.1 Å². The van der Waals surface area contributed by atoms with E-state index in [1.807, 2.05) is 0 Å². The average Bonchev–Trinajstić information content (AvgIpc) is 3.17. The SMILES string of the molecule is CC[C@@]1(O)C(=O)OCc2c1cc1n(c2=O)Cc2c-1nc1cc(C(O)CO)ccc1c2CCl. The second-order valence-corrected chi connectivity index (χ2v) is 8.40. The zero-order valence-electron chi connectivity index (χ0n) is 17.3. The Bertz CT molecular complexity index is 1350. The van der Waals surface area contributed by atoms with Crippen LogP contribution in [0.5, 0.6) is 0 Å². The van der Waals surface area contributed by atoms with Crippen LogP contribution in [0.15, 0.2) is 29.1 Å². The highest BCUT2D eigenvalue weighted by Gasteiger charge is 2.45. The Hall–Kier alpha value is -2.78. The number of aromatic nitrogens is 2. The van der Waals surface area contributed by atoms with Crippen LogP contribution in [0.1, 0.15) is 47.3 Å². The van der Waals surface area contributed by atoms with Gasteiger partial charge in [-0.15, -0.1) is 11.6 Å². The fourth-order valence-electron chi connectivity index (χ4n) is 4.65. The number of benzene rings is 1. The number of carbonyl (C=O) groups excluding carboxylic acids is 1. The lowest BCUT2D eigenvalue weighted by atomic mass is 9.86. The van der Waals surface area contributed by atoms with Gasteiger partial charge in [-0.1, -0.05) is 19.1 Å². The van der Waals surface area contributed by atoms with Crippen LogP contribution in [-0.4, -0.2) is 37.4 Å². The first-order valence-corrected chi connectivity index (χ1v) is 10.8. The molecule has 0 spiro atoms. The van der Waals surface area contributed by atoms with Crippen molar-refractivity contribution in [3.63, 3.8) is 0 Å². The van der Waals surface area contributed by atoms with Gasteiger partial charge in [-0.05, 0) is 29.7 Å². The molecule has 1 aromatic carbocycles. The molecular weight excluding hydrogens is 436 g/mol. The number of alkyl halides is 1. The third kappa shape index (κ3) is 2.77. The fourth-order valence-corrected chi connectivity index (χ4v) is 4.95. The van der Waals surface area contributed by atoms with Gasteiger partial charge in [0, 0.05) is 22.4 Å². The molecule has 32 heavy (non-hydrogen) atoms. The molecule has 0 bridgehead atoms. The van der Waals surface area contributed by atoms with E-state index in [2.05, 4.69) is 0 Å². The van der Waals surface area contributed by atoms with E-state index in [1.54, 1.807) is 35.8 Å². The number of carbonyl (C=O) groups is 1. The lowest BCUT2D eigenvalue weighted by Gasteiger charge is -2.31. The van der Waals surface area contributed by atoms with Gasteiger partial charge >= 0.3 is 5.97 Å². The van der Waals surface area contributed by atoms with Gasteiger partial charge in [0.05, 0.1) is 35.6 Å². The third-order valence-corrected chi connectivity index (χ3v) is 6.79. The fraction of sp³-hybridized carbons (Fsp3) is 0.348. The minimum absolute atomic E-state index is 0.0646. The smallest absolute Gasteiger partial charge is 0.343 e. The van der Waals surface area contributed by atoms with Crippen LogP contribution in [0.25, 0.3) is 22.3 Å². The van der Waals surface area contributed by atoms with Crippen LogP contribution in [0.2, 0.25) is 0 Å². The molecule has 9 heteroatoms. The predicted octanol–water partition coefficient (Wildman–Crippen LogP) is 1.84. The first kappa shape index (κ1) is 21.1. The van der Waals surface area contributed by atoms with Crippen LogP contribution in [0.4, 0.5) is 0 Å². The van der Waals surface area contributed by atoms with Crippen molar-refractivity contribution < 1.29 is 24.9 Å². The van der Waals surface area contributed by atoms with E-state index in [1.165, 1.54) is 0 Å². The second-order valence-electron chi connectivity index (χ2n) is 8.13. The van der Waals surface area contributed by atoms with Crippen molar-refractivity contribution in [1.29, 1.82) is 0 Å². The second kappa shape index (κ2) is 7.38. The maximum atomic E-state index is 13.3. The summed E-state index contributed by atoms with van der Waals surface area (Å²) in [5.41, 5.74) is 2.00. The molecule has 0 saturated heterocycles. The van der Waals surface area contributed by atoms with Crippen molar-refractivity contribution in [1.82, 2.24) is 9.55 Å². The van der Waals surface area contributed by atoms with E-state index in [0.717, 1.165) is 16.5 Å². The summed E-state index contributed by atoms with van der Waals surface area (Å²) >= 11 is 6.31. The molecule has 2 aliphatic heterocycles. The molecule has 2 aliphatic rings. The first-order valence-electron chi connectivity index (χ1n) is 10.3. The summed E-state index contributed by atoms with van der Waals surface area (Å²) in [5.74, 6) is -0.586.